The van der Waals surface area contributed by atoms with E-state index in [9.17, 15) is 14.7 Å². The summed E-state index contributed by atoms with van der Waals surface area (Å²) in [6.07, 6.45) is 3.52. The number of rotatable bonds is 3. The summed E-state index contributed by atoms with van der Waals surface area (Å²) in [5.41, 5.74) is 0. The molecular weight excluding hydrogens is 236 g/mol. The lowest BCUT2D eigenvalue weighted by Gasteiger charge is -2.26. The molecular formula is C11H16N4O3. The Morgan fingerprint density at radius 3 is 2.78 bits per heavy atom. The molecule has 1 N–H and O–H groups in total. The number of amides is 1. The fourth-order valence-electron chi connectivity index (χ4n) is 2.34. The predicted octanol–water partition coefficient (Wildman–Crippen LogP) is 0.161. The van der Waals surface area contributed by atoms with Crippen LogP contribution in [0.2, 0.25) is 0 Å². The van der Waals surface area contributed by atoms with Crippen LogP contribution in [0.5, 0.6) is 0 Å². The highest BCUT2D eigenvalue weighted by Gasteiger charge is 2.41. The largest absolute Gasteiger partial charge is 0.480 e. The van der Waals surface area contributed by atoms with E-state index in [2.05, 4.69) is 10.1 Å². The van der Waals surface area contributed by atoms with E-state index in [1.165, 1.54) is 22.2 Å². The van der Waals surface area contributed by atoms with Gasteiger partial charge in [0.15, 0.2) is 0 Å². The predicted molar refractivity (Wildman–Crippen MR) is 61.7 cm³/mol. The van der Waals surface area contributed by atoms with Crippen molar-refractivity contribution in [1.82, 2.24) is 19.7 Å². The van der Waals surface area contributed by atoms with Crippen molar-refractivity contribution in [2.45, 2.75) is 32.4 Å². The van der Waals surface area contributed by atoms with Crippen molar-refractivity contribution in [3.63, 3.8) is 0 Å². The quantitative estimate of drug-likeness (QED) is 0.827. The Kier molecular flexibility index (Phi) is 3.31. The molecule has 1 fully saturated rings. The molecule has 0 spiro atoms. The van der Waals surface area contributed by atoms with Gasteiger partial charge in [-0.1, -0.05) is 6.92 Å². The summed E-state index contributed by atoms with van der Waals surface area (Å²) in [6, 6.07) is -1.26. The lowest BCUT2D eigenvalue weighted by Crippen LogP contribution is -2.45. The Balaban J connectivity index is 2.16. The highest BCUT2D eigenvalue weighted by Crippen LogP contribution is 2.26. The summed E-state index contributed by atoms with van der Waals surface area (Å²) in [5.74, 6) is -1.19. The first-order chi connectivity index (χ1) is 8.52. The molecule has 1 amide bonds. The van der Waals surface area contributed by atoms with E-state index in [4.69, 9.17) is 0 Å². The van der Waals surface area contributed by atoms with Crippen molar-refractivity contribution in [1.29, 1.82) is 0 Å². The molecule has 2 rings (SSSR count). The number of aliphatic carboxylic acids is 1. The van der Waals surface area contributed by atoms with Gasteiger partial charge in [0, 0.05) is 6.54 Å². The van der Waals surface area contributed by atoms with Gasteiger partial charge in [0.1, 0.15) is 24.7 Å². The topological polar surface area (TPSA) is 88.3 Å². The molecule has 3 atom stereocenters. The van der Waals surface area contributed by atoms with Crippen LogP contribution in [-0.4, -0.2) is 49.2 Å². The van der Waals surface area contributed by atoms with E-state index in [1.54, 1.807) is 6.92 Å². The molecule has 0 bridgehead atoms. The van der Waals surface area contributed by atoms with Gasteiger partial charge in [-0.3, -0.25) is 4.79 Å². The molecule has 0 radical (unpaired) electrons. The number of likely N-dealkylation sites (tertiary alicyclic amines) is 1. The third-order valence-electron chi connectivity index (χ3n) is 3.43. The summed E-state index contributed by atoms with van der Waals surface area (Å²) in [4.78, 5) is 28.7. The minimum absolute atomic E-state index is 0.0191. The maximum absolute atomic E-state index is 12.3. The van der Waals surface area contributed by atoms with Crippen molar-refractivity contribution >= 4 is 11.9 Å². The van der Waals surface area contributed by atoms with E-state index < -0.39 is 18.1 Å². The standard InChI is InChI=1S/C11H16N4O3/c1-7-3-4-14(9(7)11(17)18)10(16)8(2)15-6-12-5-13-15/h5-9H,3-4H2,1-2H3,(H,17,18). The molecule has 1 aromatic rings. The molecule has 1 saturated heterocycles. The summed E-state index contributed by atoms with van der Waals surface area (Å²) in [5, 5.41) is 13.1. The number of hydrogen-bond donors (Lipinski definition) is 1. The molecule has 0 saturated carbocycles. The average molecular weight is 252 g/mol. The lowest BCUT2D eigenvalue weighted by molar-refractivity contribution is -0.150. The van der Waals surface area contributed by atoms with Gasteiger partial charge in [-0.2, -0.15) is 5.10 Å². The van der Waals surface area contributed by atoms with Crippen LogP contribution in [-0.2, 0) is 9.59 Å². The van der Waals surface area contributed by atoms with Gasteiger partial charge >= 0.3 is 5.97 Å². The van der Waals surface area contributed by atoms with Crippen LogP contribution in [0, 0.1) is 5.92 Å². The zero-order chi connectivity index (χ0) is 13.3. The van der Waals surface area contributed by atoms with Crippen molar-refractivity contribution in [3.05, 3.63) is 12.7 Å². The molecule has 7 heteroatoms. The second-order valence-corrected chi connectivity index (χ2v) is 4.63. The molecule has 1 aliphatic rings. The number of carboxylic acid groups (broad SMARTS) is 1. The number of nitrogens with zero attached hydrogens (tertiary/aromatic N) is 4. The molecule has 98 valence electrons. The van der Waals surface area contributed by atoms with Gasteiger partial charge in [-0.05, 0) is 19.3 Å². The van der Waals surface area contributed by atoms with Crippen LogP contribution in [0.4, 0.5) is 0 Å². The van der Waals surface area contributed by atoms with E-state index >= 15 is 0 Å². The zero-order valence-electron chi connectivity index (χ0n) is 10.4. The summed E-state index contributed by atoms with van der Waals surface area (Å²) in [7, 11) is 0. The Morgan fingerprint density at radius 1 is 1.50 bits per heavy atom. The summed E-state index contributed by atoms with van der Waals surface area (Å²) >= 11 is 0. The van der Waals surface area contributed by atoms with Crippen LogP contribution >= 0.6 is 0 Å². The maximum Gasteiger partial charge on any atom is 0.326 e. The summed E-state index contributed by atoms with van der Waals surface area (Å²) < 4.78 is 1.43. The number of carbonyl (C=O) groups excluding carboxylic acids is 1. The van der Waals surface area contributed by atoms with Crippen LogP contribution < -0.4 is 0 Å². The van der Waals surface area contributed by atoms with E-state index in [1.807, 2.05) is 6.92 Å². The third kappa shape index (κ3) is 2.07. The van der Waals surface area contributed by atoms with Gasteiger partial charge in [0.25, 0.3) is 0 Å². The van der Waals surface area contributed by atoms with Crippen LogP contribution in [0.3, 0.4) is 0 Å². The highest BCUT2D eigenvalue weighted by molar-refractivity contribution is 5.86. The number of carbonyl (C=O) groups is 2. The first kappa shape index (κ1) is 12.5. The number of hydrogen-bond acceptors (Lipinski definition) is 4. The molecule has 1 aromatic heterocycles. The molecule has 3 unspecified atom stereocenters. The second kappa shape index (κ2) is 4.75. The van der Waals surface area contributed by atoms with Gasteiger partial charge in [-0.15, -0.1) is 0 Å². The van der Waals surface area contributed by atoms with E-state index in [0.717, 1.165) is 0 Å². The second-order valence-electron chi connectivity index (χ2n) is 4.63. The van der Waals surface area contributed by atoms with Gasteiger partial charge in [-0.25, -0.2) is 14.5 Å². The molecule has 0 aliphatic carbocycles. The average Bonchev–Trinajstić information content (AvgIpc) is 2.95. The molecule has 18 heavy (non-hydrogen) atoms. The fourth-order valence-corrected chi connectivity index (χ4v) is 2.34. The first-order valence-electron chi connectivity index (χ1n) is 5.89. The van der Waals surface area contributed by atoms with Gasteiger partial charge < -0.3 is 10.0 Å². The molecule has 7 nitrogen and oxygen atoms in total. The van der Waals surface area contributed by atoms with Crippen molar-refractivity contribution in [2.75, 3.05) is 6.54 Å². The van der Waals surface area contributed by atoms with Crippen LogP contribution in [0.1, 0.15) is 26.3 Å². The highest BCUT2D eigenvalue weighted by atomic mass is 16.4. The third-order valence-corrected chi connectivity index (χ3v) is 3.43. The van der Waals surface area contributed by atoms with Crippen LogP contribution in [0.15, 0.2) is 12.7 Å². The molecule has 0 aromatic carbocycles. The zero-order valence-corrected chi connectivity index (χ0v) is 10.4. The Labute approximate surface area is 104 Å². The Morgan fingerprint density at radius 2 is 2.22 bits per heavy atom. The van der Waals surface area contributed by atoms with Crippen molar-refractivity contribution in [2.24, 2.45) is 5.92 Å². The Hall–Kier alpha value is -1.92. The maximum atomic E-state index is 12.3. The molecule has 2 heterocycles. The van der Waals surface area contributed by atoms with Crippen LogP contribution in [0.25, 0.3) is 0 Å². The lowest BCUT2D eigenvalue weighted by atomic mass is 10.0. The monoisotopic (exact) mass is 252 g/mol. The molecule has 1 aliphatic heterocycles. The Bertz CT molecular complexity index is 445. The van der Waals surface area contributed by atoms with Gasteiger partial charge in [0.2, 0.25) is 5.91 Å². The van der Waals surface area contributed by atoms with Crippen molar-refractivity contribution < 1.29 is 14.7 Å². The van der Waals surface area contributed by atoms with Gasteiger partial charge in [0.05, 0.1) is 0 Å². The van der Waals surface area contributed by atoms with Crippen molar-refractivity contribution in [3.8, 4) is 0 Å². The number of carboxylic acids is 1. The first-order valence-corrected chi connectivity index (χ1v) is 5.89. The minimum atomic E-state index is -0.945. The fraction of sp³-hybridized carbons (Fsp3) is 0.636. The normalized spacial score (nSPS) is 25.1. The SMILES string of the molecule is CC1CCN(C(=O)C(C)n2cncn2)C1C(=O)O. The smallest absolute Gasteiger partial charge is 0.326 e. The summed E-state index contributed by atoms with van der Waals surface area (Å²) in [6.45, 7) is 4.03. The van der Waals surface area contributed by atoms with E-state index in [0.29, 0.717) is 13.0 Å². The minimum Gasteiger partial charge on any atom is -0.480 e. The van der Waals surface area contributed by atoms with E-state index in [-0.39, 0.29) is 11.8 Å². The number of aromatic nitrogens is 3.